The lowest BCUT2D eigenvalue weighted by Crippen LogP contribution is -2.70. The summed E-state index contributed by atoms with van der Waals surface area (Å²) in [6.45, 7) is 0.0296. The molecule has 0 aromatic carbocycles. The van der Waals surface area contributed by atoms with Crippen LogP contribution in [0.15, 0.2) is 48.6 Å². The van der Waals surface area contributed by atoms with Crippen LogP contribution in [-0.4, -0.2) is 59.4 Å². The van der Waals surface area contributed by atoms with Gasteiger partial charge in [0.05, 0.1) is 13.2 Å². The maximum atomic E-state index is 10.8. The number of hydrogen-bond donors (Lipinski definition) is 2. The third-order valence-corrected chi connectivity index (χ3v) is 8.41. The SMILES string of the molecule is OC[C@@H](O)[C@H]1OC2(CCCC3C=CC=CC32)O[C@H]2COC3(CCCC4C=CC=CC43)O[C@@H]12. The molecule has 4 fully saturated rings. The van der Waals surface area contributed by atoms with E-state index >= 15 is 0 Å². The Balaban J connectivity index is 1.31. The summed E-state index contributed by atoms with van der Waals surface area (Å²) in [5.74, 6) is -0.605. The van der Waals surface area contributed by atoms with Crippen LogP contribution in [0, 0.1) is 23.7 Å². The van der Waals surface area contributed by atoms with Gasteiger partial charge in [-0.05, 0) is 37.5 Å². The van der Waals surface area contributed by atoms with Crippen molar-refractivity contribution in [2.24, 2.45) is 23.7 Å². The highest BCUT2D eigenvalue weighted by Crippen LogP contribution is 2.53. The van der Waals surface area contributed by atoms with Gasteiger partial charge >= 0.3 is 0 Å². The van der Waals surface area contributed by atoms with E-state index in [2.05, 4.69) is 48.6 Å². The monoisotopic (exact) mass is 442 g/mol. The van der Waals surface area contributed by atoms with Crippen LogP contribution in [0.4, 0.5) is 0 Å². The fourth-order valence-electron chi connectivity index (χ4n) is 6.91. The first-order chi connectivity index (χ1) is 15.6. The number of hydrogen-bond acceptors (Lipinski definition) is 6. The highest BCUT2D eigenvalue weighted by Gasteiger charge is 2.61. The van der Waals surface area contributed by atoms with Crippen LogP contribution in [0.1, 0.15) is 38.5 Å². The van der Waals surface area contributed by atoms with Crippen LogP contribution in [0.2, 0.25) is 0 Å². The van der Waals surface area contributed by atoms with Crippen molar-refractivity contribution in [1.82, 2.24) is 0 Å². The molecule has 0 aromatic heterocycles. The maximum Gasteiger partial charge on any atom is 0.176 e. The van der Waals surface area contributed by atoms with Crippen LogP contribution in [0.25, 0.3) is 0 Å². The highest BCUT2D eigenvalue weighted by atomic mass is 16.8. The number of ether oxygens (including phenoxy) is 4. The topological polar surface area (TPSA) is 77.4 Å². The number of allylic oxidation sites excluding steroid dienone is 6. The molecule has 0 bridgehead atoms. The van der Waals surface area contributed by atoms with Gasteiger partial charge in [0.1, 0.15) is 24.4 Å². The number of fused-ring (bicyclic) bond motifs is 5. The van der Waals surface area contributed by atoms with E-state index in [-0.39, 0.29) is 24.5 Å². The van der Waals surface area contributed by atoms with E-state index in [1.54, 1.807) is 0 Å². The van der Waals surface area contributed by atoms with Gasteiger partial charge in [-0.1, -0.05) is 48.6 Å². The van der Waals surface area contributed by atoms with Crippen molar-refractivity contribution < 1.29 is 29.2 Å². The first-order valence-corrected chi connectivity index (χ1v) is 12.3. The second-order valence-corrected chi connectivity index (χ2v) is 10.2. The Bertz CT molecular complexity index is 832. The van der Waals surface area contributed by atoms with Gasteiger partial charge in [0, 0.05) is 24.7 Å². The Morgan fingerprint density at radius 3 is 2.12 bits per heavy atom. The van der Waals surface area contributed by atoms with Crippen LogP contribution in [0.3, 0.4) is 0 Å². The lowest BCUT2D eigenvalue weighted by Gasteiger charge is -2.59. The summed E-state index contributed by atoms with van der Waals surface area (Å²) >= 11 is 0. The summed E-state index contributed by atoms with van der Waals surface area (Å²) in [6.07, 6.45) is 20.4. The average molecular weight is 443 g/mol. The largest absolute Gasteiger partial charge is 0.394 e. The summed E-state index contributed by atoms with van der Waals surface area (Å²) in [5, 5.41) is 20.7. The Labute approximate surface area is 189 Å². The van der Waals surface area contributed by atoms with Crippen LogP contribution < -0.4 is 0 Å². The molecule has 2 saturated heterocycles. The second-order valence-electron chi connectivity index (χ2n) is 10.2. The molecule has 10 atom stereocenters. The Hall–Kier alpha value is -1.28. The predicted molar refractivity (Wildman–Crippen MR) is 117 cm³/mol. The fourth-order valence-corrected chi connectivity index (χ4v) is 6.91. The molecule has 0 radical (unpaired) electrons. The minimum atomic E-state index is -1.04. The molecule has 0 aromatic rings. The van der Waals surface area contributed by atoms with Gasteiger partial charge < -0.3 is 29.2 Å². The molecule has 6 rings (SSSR count). The lowest BCUT2D eigenvalue weighted by molar-refractivity contribution is -0.448. The third-order valence-electron chi connectivity index (χ3n) is 8.41. The Kier molecular flexibility index (Phi) is 5.44. The van der Waals surface area contributed by atoms with Gasteiger partial charge in [-0.25, -0.2) is 0 Å². The summed E-state index contributed by atoms with van der Waals surface area (Å²) in [4.78, 5) is 0. The van der Waals surface area contributed by atoms with Gasteiger partial charge in [0.25, 0.3) is 0 Å². The lowest BCUT2D eigenvalue weighted by atomic mass is 9.71. The van der Waals surface area contributed by atoms with Gasteiger partial charge in [0.2, 0.25) is 0 Å². The molecule has 2 spiro atoms. The Morgan fingerprint density at radius 2 is 1.44 bits per heavy atom. The average Bonchev–Trinajstić information content (AvgIpc) is 2.84. The molecular formula is C26H34O6. The van der Waals surface area contributed by atoms with E-state index in [0.29, 0.717) is 18.4 Å². The molecule has 6 nitrogen and oxygen atoms in total. The Morgan fingerprint density at radius 1 is 0.812 bits per heavy atom. The smallest absolute Gasteiger partial charge is 0.176 e. The molecule has 6 unspecified atom stereocenters. The molecule has 2 saturated carbocycles. The van der Waals surface area contributed by atoms with Crippen molar-refractivity contribution in [2.75, 3.05) is 13.2 Å². The molecule has 2 aliphatic heterocycles. The van der Waals surface area contributed by atoms with Crippen molar-refractivity contribution in [3.63, 3.8) is 0 Å². The van der Waals surface area contributed by atoms with E-state index in [1.165, 1.54) is 0 Å². The molecule has 4 aliphatic carbocycles. The van der Waals surface area contributed by atoms with Gasteiger partial charge in [0.15, 0.2) is 11.6 Å². The van der Waals surface area contributed by atoms with Crippen molar-refractivity contribution in [3.05, 3.63) is 48.6 Å². The zero-order valence-corrected chi connectivity index (χ0v) is 18.4. The van der Waals surface area contributed by atoms with E-state index < -0.39 is 29.9 Å². The highest BCUT2D eigenvalue weighted by molar-refractivity contribution is 5.21. The predicted octanol–water partition coefficient (Wildman–Crippen LogP) is 3.02. The van der Waals surface area contributed by atoms with E-state index in [4.69, 9.17) is 18.9 Å². The number of rotatable bonds is 2. The van der Waals surface area contributed by atoms with Crippen molar-refractivity contribution in [3.8, 4) is 0 Å². The summed E-state index contributed by atoms with van der Waals surface area (Å²) < 4.78 is 26.6. The molecule has 174 valence electrons. The third kappa shape index (κ3) is 3.30. The normalized spacial score (nSPS) is 50.1. The molecule has 6 heteroatoms. The van der Waals surface area contributed by atoms with Crippen LogP contribution in [0.5, 0.6) is 0 Å². The second kappa shape index (κ2) is 8.19. The number of aliphatic hydroxyl groups is 2. The van der Waals surface area contributed by atoms with Crippen LogP contribution in [-0.2, 0) is 18.9 Å². The summed E-state index contributed by atoms with van der Waals surface area (Å²) in [7, 11) is 0. The fraction of sp³-hybridized carbons (Fsp3) is 0.692. The zero-order valence-electron chi connectivity index (χ0n) is 18.4. The van der Waals surface area contributed by atoms with Gasteiger partial charge in [-0.2, -0.15) is 0 Å². The van der Waals surface area contributed by atoms with Gasteiger partial charge in [-0.3, -0.25) is 0 Å². The van der Waals surface area contributed by atoms with E-state index in [1.807, 2.05) is 0 Å². The molecule has 32 heavy (non-hydrogen) atoms. The summed E-state index contributed by atoms with van der Waals surface area (Å²) in [6, 6.07) is 0. The standard InChI is InChI=1S/C26H34O6/c27-15-21(28)23-24-22(30-26(31-23)14-6-10-18-8-2-4-12-20(18)26)16-29-25(32-24)13-5-9-17-7-1-3-11-19(17)25/h1-4,7-8,11-12,17-24,27-28H,5-6,9-10,13-16H2/t17?,18?,19?,20?,21-,22+,23-,24-,25?,26?/m1/s1. The van der Waals surface area contributed by atoms with Crippen molar-refractivity contribution in [1.29, 1.82) is 0 Å². The van der Waals surface area contributed by atoms with Crippen molar-refractivity contribution >= 4 is 0 Å². The molecule has 0 amide bonds. The van der Waals surface area contributed by atoms with Crippen LogP contribution >= 0.6 is 0 Å². The summed E-state index contributed by atoms with van der Waals surface area (Å²) in [5.41, 5.74) is 0. The van der Waals surface area contributed by atoms with E-state index in [0.717, 1.165) is 38.5 Å². The maximum absolute atomic E-state index is 10.8. The first-order valence-electron chi connectivity index (χ1n) is 12.3. The number of aliphatic hydroxyl groups excluding tert-OH is 2. The van der Waals surface area contributed by atoms with Gasteiger partial charge in [-0.15, -0.1) is 0 Å². The molecule has 2 heterocycles. The van der Waals surface area contributed by atoms with E-state index in [9.17, 15) is 10.2 Å². The minimum Gasteiger partial charge on any atom is -0.394 e. The quantitative estimate of drug-likeness (QED) is 0.685. The van der Waals surface area contributed by atoms with Crippen molar-refractivity contribution in [2.45, 2.75) is 74.5 Å². The minimum absolute atomic E-state index is 0.0805. The molecule has 6 aliphatic rings. The molecular weight excluding hydrogens is 408 g/mol. The zero-order chi connectivity index (χ0) is 21.8. The first kappa shape index (κ1) is 21.3. The molecule has 2 N–H and O–H groups in total.